The second-order valence-corrected chi connectivity index (χ2v) is 8.64. The van der Waals surface area contributed by atoms with Gasteiger partial charge in [0.25, 0.3) is 9.84 Å². The van der Waals surface area contributed by atoms with Gasteiger partial charge in [0, 0.05) is 18.0 Å². The van der Waals surface area contributed by atoms with Gasteiger partial charge in [-0.25, -0.2) is 8.42 Å². The number of nitrogens with one attached hydrogen (secondary N) is 1. The molecule has 2 heterocycles. The largest absolute Gasteiger partial charge is 0.501 e. The highest BCUT2D eigenvalue weighted by Crippen LogP contribution is 2.34. The summed E-state index contributed by atoms with van der Waals surface area (Å²) >= 11 is 1.63. The molecule has 26 heavy (non-hydrogen) atoms. The number of benzene rings is 1. The van der Waals surface area contributed by atoms with Crippen molar-refractivity contribution < 1.29 is 26.4 Å². The highest BCUT2D eigenvalue weighted by Gasteiger charge is 2.47. The van der Waals surface area contributed by atoms with Crippen LogP contribution in [-0.4, -0.2) is 37.8 Å². The molecule has 1 aliphatic rings. The van der Waals surface area contributed by atoms with E-state index in [4.69, 9.17) is 0 Å². The van der Waals surface area contributed by atoms with Crippen LogP contribution in [0.2, 0.25) is 0 Å². The van der Waals surface area contributed by atoms with Crippen LogP contribution >= 0.6 is 11.3 Å². The third kappa shape index (κ3) is 3.56. The third-order valence-corrected chi connectivity index (χ3v) is 6.64. The zero-order valence-corrected chi connectivity index (χ0v) is 15.0. The Kier molecular flexibility index (Phi) is 4.98. The van der Waals surface area contributed by atoms with E-state index in [1.165, 1.54) is 23.1 Å². The smallest absolute Gasteiger partial charge is 0.375 e. The normalized spacial score (nSPS) is 14.8. The fourth-order valence-electron chi connectivity index (χ4n) is 2.72. The Morgan fingerprint density at radius 1 is 1.23 bits per heavy atom. The first-order valence-electron chi connectivity index (χ1n) is 7.67. The Balaban J connectivity index is 1.72. The fraction of sp³-hybridized carbons (Fsp3) is 0.312. The van der Waals surface area contributed by atoms with Crippen LogP contribution in [0.5, 0.6) is 0 Å². The van der Waals surface area contributed by atoms with Crippen molar-refractivity contribution in [3.8, 4) is 0 Å². The van der Waals surface area contributed by atoms with Crippen molar-refractivity contribution in [2.24, 2.45) is 0 Å². The maximum Gasteiger partial charge on any atom is 0.501 e. The Bertz CT molecular complexity index is 923. The van der Waals surface area contributed by atoms with Crippen molar-refractivity contribution in [3.05, 3.63) is 46.2 Å². The van der Waals surface area contributed by atoms with E-state index >= 15 is 0 Å². The molecule has 0 aliphatic carbocycles. The molecule has 1 aromatic carbocycles. The zero-order chi connectivity index (χ0) is 18.9. The Hall–Kier alpha value is -2.07. The summed E-state index contributed by atoms with van der Waals surface area (Å²) in [6, 6.07) is 6.63. The number of thiophene rings is 1. The number of hydrogen-bond donors (Lipinski definition) is 1. The van der Waals surface area contributed by atoms with E-state index in [2.05, 4.69) is 5.32 Å². The summed E-state index contributed by atoms with van der Waals surface area (Å²) in [5.41, 5.74) is -4.59. The predicted octanol–water partition coefficient (Wildman–Crippen LogP) is 3.04. The molecule has 5 nitrogen and oxygen atoms in total. The second-order valence-electron chi connectivity index (χ2n) is 5.73. The first kappa shape index (κ1) is 18.7. The van der Waals surface area contributed by atoms with Gasteiger partial charge in [-0.3, -0.25) is 4.79 Å². The van der Waals surface area contributed by atoms with Gasteiger partial charge in [-0.1, -0.05) is 12.1 Å². The average molecular weight is 404 g/mol. The molecule has 0 bridgehead atoms. The third-order valence-electron chi connectivity index (χ3n) is 4.07. The number of hydrogen-bond acceptors (Lipinski definition) is 5. The monoisotopic (exact) mass is 404 g/mol. The standard InChI is InChI=1S/C16H15F3N2O3S2/c17-16(18,19)26(23,24)14-4-2-1-3-12(14)20-9-15(22)21-7-5-13-11(10-21)6-8-25-13/h1-4,6,8,20H,5,7,9-10H2. The summed E-state index contributed by atoms with van der Waals surface area (Å²) in [4.78, 5) is 14.3. The van der Waals surface area contributed by atoms with Crippen molar-refractivity contribution in [1.29, 1.82) is 0 Å². The molecule has 0 saturated heterocycles. The van der Waals surface area contributed by atoms with E-state index < -0.39 is 20.2 Å². The van der Waals surface area contributed by atoms with E-state index in [0.29, 0.717) is 13.1 Å². The van der Waals surface area contributed by atoms with Crippen LogP contribution < -0.4 is 5.32 Å². The number of halogens is 3. The lowest BCUT2D eigenvalue weighted by Gasteiger charge is -2.27. The Morgan fingerprint density at radius 3 is 2.69 bits per heavy atom. The lowest BCUT2D eigenvalue weighted by atomic mass is 10.1. The van der Waals surface area contributed by atoms with Crippen LogP contribution in [0.3, 0.4) is 0 Å². The molecule has 0 saturated carbocycles. The van der Waals surface area contributed by atoms with Crippen LogP contribution in [0.25, 0.3) is 0 Å². The van der Waals surface area contributed by atoms with Gasteiger partial charge in [0.2, 0.25) is 5.91 Å². The SMILES string of the molecule is O=C(CNc1ccccc1S(=O)(=O)C(F)(F)F)N1CCc2sccc2C1. The van der Waals surface area contributed by atoms with Crippen molar-refractivity contribution >= 4 is 32.8 Å². The second kappa shape index (κ2) is 6.92. The predicted molar refractivity (Wildman–Crippen MR) is 91.6 cm³/mol. The summed E-state index contributed by atoms with van der Waals surface area (Å²) in [5.74, 6) is -0.305. The summed E-state index contributed by atoms with van der Waals surface area (Å²) in [6.45, 7) is 0.683. The fourth-order valence-corrected chi connectivity index (χ4v) is 4.54. The molecule has 0 atom stereocenters. The molecule has 1 N–H and O–H groups in total. The van der Waals surface area contributed by atoms with Crippen LogP contribution in [0.4, 0.5) is 18.9 Å². The first-order valence-corrected chi connectivity index (χ1v) is 10.0. The molecule has 2 aromatic rings. The number of carbonyl (C=O) groups is 1. The van der Waals surface area contributed by atoms with Gasteiger partial charge < -0.3 is 10.2 Å². The summed E-state index contributed by atoms with van der Waals surface area (Å²) in [6.07, 6.45) is 0.734. The van der Waals surface area contributed by atoms with Crippen molar-refractivity contribution in [3.63, 3.8) is 0 Å². The van der Waals surface area contributed by atoms with Crippen molar-refractivity contribution in [2.45, 2.75) is 23.4 Å². The Labute approximate surface area is 152 Å². The number of alkyl halides is 3. The molecule has 0 unspecified atom stereocenters. The highest BCUT2D eigenvalue weighted by atomic mass is 32.2. The Morgan fingerprint density at radius 2 is 1.96 bits per heavy atom. The van der Waals surface area contributed by atoms with Gasteiger partial charge in [-0.15, -0.1) is 11.3 Å². The molecule has 0 radical (unpaired) electrons. The number of rotatable bonds is 4. The molecule has 1 aromatic heterocycles. The molecular formula is C16H15F3N2O3S2. The minimum Gasteiger partial charge on any atom is -0.375 e. The number of sulfone groups is 1. The van der Waals surface area contributed by atoms with Crippen LogP contribution in [-0.2, 0) is 27.6 Å². The van der Waals surface area contributed by atoms with Crippen molar-refractivity contribution in [1.82, 2.24) is 4.90 Å². The van der Waals surface area contributed by atoms with E-state index in [1.54, 1.807) is 16.2 Å². The highest BCUT2D eigenvalue weighted by molar-refractivity contribution is 7.92. The van der Waals surface area contributed by atoms with E-state index in [0.717, 1.165) is 18.1 Å². The minimum atomic E-state index is -5.50. The van der Waals surface area contributed by atoms with Gasteiger partial charge in [-0.2, -0.15) is 13.2 Å². The number of carbonyl (C=O) groups excluding carboxylic acids is 1. The van der Waals surface area contributed by atoms with Gasteiger partial charge in [0.1, 0.15) is 0 Å². The van der Waals surface area contributed by atoms with E-state index in [1.807, 2.05) is 11.4 Å². The maximum atomic E-state index is 12.8. The molecule has 1 amide bonds. The van der Waals surface area contributed by atoms with E-state index in [9.17, 15) is 26.4 Å². The summed E-state index contributed by atoms with van der Waals surface area (Å²) in [5, 5.41) is 4.49. The molecule has 140 valence electrons. The number of amides is 1. The zero-order valence-electron chi connectivity index (χ0n) is 13.4. The van der Waals surface area contributed by atoms with Gasteiger partial charge in [-0.05, 0) is 35.6 Å². The number of fused-ring (bicyclic) bond motifs is 1. The van der Waals surface area contributed by atoms with Crippen LogP contribution in [0.1, 0.15) is 10.4 Å². The average Bonchev–Trinajstić information content (AvgIpc) is 3.06. The maximum absolute atomic E-state index is 12.8. The molecule has 1 aliphatic heterocycles. The van der Waals surface area contributed by atoms with Gasteiger partial charge >= 0.3 is 5.51 Å². The number of nitrogens with zero attached hydrogens (tertiary/aromatic N) is 1. The van der Waals surface area contributed by atoms with Crippen molar-refractivity contribution in [2.75, 3.05) is 18.4 Å². The summed E-state index contributed by atoms with van der Waals surface area (Å²) < 4.78 is 61.8. The lowest BCUT2D eigenvalue weighted by Crippen LogP contribution is -2.39. The van der Waals surface area contributed by atoms with Gasteiger partial charge in [0.15, 0.2) is 0 Å². The molecular weight excluding hydrogens is 389 g/mol. The molecule has 3 rings (SSSR count). The quantitative estimate of drug-likeness (QED) is 0.851. The number of anilines is 1. The minimum absolute atomic E-state index is 0.244. The van der Waals surface area contributed by atoms with Crippen LogP contribution in [0, 0.1) is 0 Å². The molecule has 0 spiro atoms. The summed E-state index contributed by atoms with van der Waals surface area (Å²) in [7, 11) is -5.50. The first-order chi connectivity index (χ1) is 12.2. The molecule has 0 fully saturated rings. The van der Waals surface area contributed by atoms with E-state index in [-0.39, 0.29) is 18.1 Å². The molecule has 10 heteroatoms. The number of para-hydroxylation sites is 1. The van der Waals surface area contributed by atoms with Crippen LogP contribution in [0.15, 0.2) is 40.6 Å². The van der Waals surface area contributed by atoms with Gasteiger partial charge in [0.05, 0.1) is 17.1 Å². The lowest BCUT2D eigenvalue weighted by molar-refractivity contribution is -0.130. The topological polar surface area (TPSA) is 66.5 Å².